The molecule has 0 aliphatic carbocycles. The smallest absolute Gasteiger partial charge is 0.302 e. The first-order valence-corrected chi connectivity index (χ1v) is 4.55. The fourth-order valence-corrected chi connectivity index (χ4v) is 1.63. The molecule has 0 spiro atoms. The molecule has 0 fully saturated rings. The second-order valence-electron chi connectivity index (χ2n) is 3.41. The van der Waals surface area contributed by atoms with Gasteiger partial charge in [0, 0.05) is 14.1 Å². The predicted octanol–water partition coefficient (Wildman–Crippen LogP) is -1.04. The molecule has 2 aromatic rings. The van der Waals surface area contributed by atoms with Crippen LogP contribution in [0.5, 0.6) is 0 Å². The molecule has 0 saturated carbocycles. The molecule has 0 aliphatic heterocycles. The molecule has 7 nitrogen and oxygen atoms in total. The Hall–Kier alpha value is -2.36. The zero-order valence-electron chi connectivity index (χ0n) is 8.84. The van der Waals surface area contributed by atoms with E-state index >= 15 is 0 Å². The minimum absolute atomic E-state index is 0.0525. The summed E-state index contributed by atoms with van der Waals surface area (Å²) in [6, 6.07) is 1.94. The van der Waals surface area contributed by atoms with Crippen LogP contribution in [-0.4, -0.2) is 18.7 Å². The molecule has 82 valence electrons. The molecule has 2 rings (SSSR count). The van der Waals surface area contributed by atoms with Crippen molar-refractivity contribution in [1.82, 2.24) is 18.7 Å². The fraction of sp³-hybridized carbons (Fsp3) is 0.333. The van der Waals surface area contributed by atoms with Crippen LogP contribution < -0.4 is 11.2 Å². The van der Waals surface area contributed by atoms with Crippen LogP contribution in [0.2, 0.25) is 0 Å². The average Bonchev–Trinajstić information content (AvgIpc) is 2.68. The Morgan fingerprint density at radius 2 is 2.06 bits per heavy atom. The first-order chi connectivity index (χ1) is 7.57. The molecule has 2 aromatic heterocycles. The van der Waals surface area contributed by atoms with Crippen molar-refractivity contribution in [2.45, 2.75) is 6.54 Å². The highest BCUT2D eigenvalue weighted by molar-refractivity contribution is 5.69. The quantitative estimate of drug-likeness (QED) is 0.613. The number of aryl methyl sites for hydroxylation is 1. The van der Waals surface area contributed by atoms with Gasteiger partial charge < -0.3 is 4.57 Å². The molecule has 0 radical (unpaired) electrons. The summed E-state index contributed by atoms with van der Waals surface area (Å²) in [6.07, 6.45) is 1.38. The Bertz CT molecular complexity index is 712. The lowest BCUT2D eigenvalue weighted by molar-refractivity contribution is 0.692. The largest absolute Gasteiger partial charge is 0.332 e. The van der Waals surface area contributed by atoms with Crippen LogP contribution >= 0.6 is 0 Å². The van der Waals surface area contributed by atoms with Gasteiger partial charge in [0.15, 0.2) is 11.2 Å². The molecule has 0 aromatic carbocycles. The van der Waals surface area contributed by atoms with Gasteiger partial charge >= 0.3 is 5.69 Å². The summed E-state index contributed by atoms with van der Waals surface area (Å²) in [6.45, 7) is 0.0525. The third-order valence-electron chi connectivity index (χ3n) is 2.45. The number of hydrogen-bond acceptors (Lipinski definition) is 4. The number of imidazole rings is 1. The zero-order chi connectivity index (χ0) is 11.9. The minimum atomic E-state index is -0.449. The summed E-state index contributed by atoms with van der Waals surface area (Å²) in [7, 11) is 2.94. The fourth-order valence-electron chi connectivity index (χ4n) is 1.63. The lowest BCUT2D eigenvalue weighted by Gasteiger charge is -2.05. The highest BCUT2D eigenvalue weighted by Gasteiger charge is 2.13. The van der Waals surface area contributed by atoms with E-state index < -0.39 is 11.2 Å². The van der Waals surface area contributed by atoms with Crippen molar-refractivity contribution in [1.29, 1.82) is 5.26 Å². The molecule has 16 heavy (non-hydrogen) atoms. The van der Waals surface area contributed by atoms with Crippen LogP contribution in [0.3, 0.4) is 0 Å². The molecular formula is C9H9N5O2. The van der Waals surface area contributed by atoms with Crippen molar-refractivity contribution in [3.63, 3.8) is 0 Å². The van der Waals surface area contributed by atoms with Crippen LogP contribution in [0.25, 0.3) is 11.2 Å². The van der Waals surface area contributed by atoms with Crippen LogP contribution in [0.1, 0.15) is 0 Å². The van der Waals surface area contributed by atoms with E-state index in [2.05, 4.69) is 4.98 Å². The molecule has 7 heteroatoms. The van der Waals surface area contributed by atoms with E-state index in [0.717, 1.165) is 4.57 Å². The Labute approximate surface area is 89.8 Å². The Kier molecular flexibility index (Phi) is 2.12. The van der Waals surface area contributed by atoms with Crippen molar-refractivity contribution in [3.8, 4) is 6.07 Å². The van der Waals surface area contributed by atoms with Gasteiger partial charge in [-0.05, 0) is 0 Å². The normalized spacial score (nSPS) is 10.6. The number of nitriles is 1. The van der Waals surface area contributed by atoms with Crippen molar-refractivity contribution >= 4 is 11.2 Å². The van der Waals surface area contributed by atoms with E-state index in [4.69, 9.17) is 5.26 Å². The van der Waals surface area contributed by atoms with E-state index in [-0.39, 0.29) is 12.1 Å². The van der Waals surface area contributed by atoms with E-state index in [0.29, 0.717) is 5.65 Å². The van der Waals surface area contributed by atoms with Gasteiger partial charge in [-0.1, -0.05) is 0 Å². The molecule has 0 bridgehead atoms. The lowest BCUT2D eigenvalue weighted by Crippen LogP contribution is -2.37. The zero-order valence-corrected chi connectivity index (χ0v) is 8.84. The maximum atomic E-state index is 11.7. The van der Waals surface area contributed by atoms with Crippen LogP contribution in [0.15, 0.2) is 15.9 Å². The molecule has 0 amide bonds. The summed E-state index contributed by atoms with van der Waals surface area (Å²) < 4.78 is 3.77. The van der Waals surface area contributed by atoms with Crippen molar-refractivity contribution < 1.29 is 0 Å². The number of rotatable bonds is 1. The summed E-state index contributed by atoms with van der Waals surface area (Å²) in [5, 5.41) is 8.61. The van der Waals surface area contributed by atoms with Crippen molar-refractivity contribution in [2.75, 3.05) is 0 Å². The van der Waals surface area contributed by atoms with Crippen molar-refractivity contribution in [2.24, 2.45) is 14.1 Å². The first kappa shape index (κ1) is 10.2. The van der Waals surface area contributed by atoms with Gasteiger partial charge in [-0.3, -0.25) is 13.9 Å². The maximum absolute atomic E-state index is 11.7. The summed E-state index contributed by atoms with van der Waals surface area (Å²) in [5.41, 5.74) is -0.318. The second-order valence-corrected chi connectivity index (χ2v) is 3.41. The standard InChI is InChI=1S/C9H9N5O2/c1-12-7-6(8(15)13(2)9(12)16)11-5-14(7)4-3-10/h5H,4H2,1-2H3. The van der Waals surface area contributed by atoms with Gasteiger partial charge in [0.2, 0.25) is 0 Å². The molecule has 0 N–H and O–H groups in total. The van der Waals surface area contributed by atoms with Crippen LogP contribution in [0.4, 0.5) is 0 Å². The van der Waals surface area contributed by atoms with E-state index in [9.17, 15) is 9.59 Å². The van der Waals surface area contributed by atoms with Gasteiger partial charge in [0.05, 0.1) is 12.4 Å². The third-order valence-corrected chi connectivity index (χ3v) is 2.45. The summed E-state index contributed by atoms with van der Waals surface area (Å²) in [5.74, 6) is 0. The lowest BCUT2D eigenvalue weighted by atomic mass is 10.5. The highest BCUT2D eigenvalue weighted by Crippen LogP contribution is 2.04. The number of aromatic nitrogens is 4. The number of nitrogens with zero attached hydrogens (tertiary/aromatic N) is 5. The predicted molar refractivity (Wildman–Crippen MR) is 55.8 cm³/mol. The number of hydrogen-bond donors (Lipinski definition) is 0. The van der Waals surface area contributed by atoms with Crippen LogP contribution in [0, 0.1) is 11.3 Å². The third kappa shape index (κ3) is 1.16. The molecule has 0 unspecified atom stereocenters. The summed E-state index contributed by atoms with van der Waals surface area (Å²) in [4.78, 5) is 27.3. The average molecular weight is 219 g/mol. The summed E-state index contributed by atoms with van der Waals surface area (Å²) >= 11 is 0. The molecule has 0 saturated heterocycles. The Morgan fingerprint density at radius 1 is 1.38 bits per heavy atom. The second kappa shape index (κ2) is 3.34. The monoisotopic (exact) mass is 219 g/mol. The topological polar surface area (TPSA) is 85.6 Å². The Balaban J connectivity index is 3.02. The minimum Gasteiger partial charge on any atom is -0.302 e. The first-order valence-electron chi connectivity index (χ1n) is 4.55. The van der Waals surface area contributed by atoms with Gasteiger partial charge in [0.1, 0.15) is 6.54 Å². The van der Waals surface area contributed by atoms with Gasteiger partial charge in [-0.2, -0.15) is 5.26 Å². The number of fused-ring (bicyclic) bond motifs is 1. The van der Waals surface area contributed by atoms with E-state index in [1.807, 2.05) is 6.07 Å². The molecule has 2 heterocycles. The van der Waals surface area contributed by atoms with Gasteiger partial charge in [-0.15, -0.1) is 0 Å². The molecule has 0 atom stereocenters. The molecule has 0 aliphatic rings. The highest BCUT2D eigenvalue weighted by atomic mass is 16.2. The van der Waals surface area contributed by atoms with Gasteiger partial charge in [-0.25, -0.2) is 9.78 Å². The maximum Gasteiger partial charge on any atom is 0.332 e. The van der Waals surface area contributed by atoms with Gasteiger partial charge in [0.25, 0.3) is 5.56 Å². The van der Waals surface area contributed by atoms with E-state index in [1.54, 1.807) is 7.05 Å². The Morgan fingerprint density at radius 3 is 2.69 bits per heavy atom. The van der Waals surface area contributed by atoms with Crippen LogP contribution in [-0.2, 0) is 20.6 Å². The molecular weight excluding hydrogens is 210 g/mol. The van der Waals surface area contributed by atoms with E-state index in [1.165, 1.54) is 22.5 Å². The van der Waals surface area contributed by atoms with Crippen molar-refractivity contribution in [3.05, 3.63) is 27.2 Å². The SMILES string of the molecule is Cn1c(=O)c2ncn(CC#N)c2n(C)c1=O.